The van der Waals surface area contributed by atoms with Crippen molar-refractivity contribution in [2.45, 2.75) is 81.6 Å². The van der Waals surface area contributed by atoms with Crippen LogP contribution in [0.25, 0.3) is 11.1 Å². The molecule has 1 unspecified atom stereocenters. The van der Waals surface area contributed by atoms with Crippen LogP contribution in [0.5, 0.6) is 5.75 Å². The number of hydrogen-bond donors (Lipinski definition) is 11. The van der Waals surface area contributed by atoms with Crippen molar-refractivity contribution in [3.8, 4) is 16.9 Å². The van der Waals surface area contributed by atoms with Crippen LogP contribution in [0.4, 0.5) is 0 Å². The van der Waals surface area contributed by atoms with Gasteiger partial charge in [-0.1, -0.05) is 30.3 Å². The van der Waals surface area contributed by atoms with Crippen LogP contribution in [-0.2, 0) is 36.8 Å². The van der Waals surface area contributed by atoms with E-state index in [1.54, 1.807) is 12.1 Å². The van der Waals surface area contributed by atoms with Gasteiger partial charge in [0.2, 0.25) is 29.5 Å². The minimum atomic E-state index is -1.14. The first-order valence-corrected chi connectivity index (χ1v) is 17.5. The van der Waals surface area contributed by atoms with Crippen LogP contribution in [0.2, 0.25) is 0 Å². The number of nitrogens with one attached hydrogen (secondary N) is 5. The Morgan fingerprint density at radius 3 is 2.27 bits per heavy atom. The van der Waals surface area contributed by atoms with E-state index in [9.17, 15) is 29.1 Å². The summed E-state index contributed by atoms with van der Waals surface area (Å²) in [7, 11) is 0. The first-order valence-electron chi connectivity index (χ1n) is 17.5. The highest BCUT2D eigenvalue weighted by atomic mass is 16.3. The van der Waals surface area contributed by atoms with Gasteiger partial charge in [0.05, 0.1) is 12.1 Å². The minimum Gasteiger partial charge on any atom is -0.508 e. The molecule has 0 radical (unpaired) electrons. The number of carbonyl (C=O) groups is 5. The summed E-state index contributed by atoms with van der Waals surface area (Å²) in [6, 6.07) is 7.40. The van der Waals surface area contributed by atoms with Crippen molar-refractivity contribution in [2.24, 2.45) is 28.7 Å². The van der Waals surface area contributed by atoms with Gasteiger partial charge in [-0.2, -0.15) is 0 Å². The lowest BCUT2D eigenvalue weighted by Crippen LogP contribution is -2.58. The number of aromatic hydroxyl groups is 1. The third kappa shape index (κ3) is 12.9. The number of benzene rings is 2. The minimum absolute atomic E-state index is 0.0147. The quantitative estimate of drug-likeness (QED) is 0.0825. The summed E-state index contributed by atoms with van der Waals surface area (Å²) in [6.45, 7) is 1.36. The fraction of sp³-hybridized carbons (Fsp3) is 0.514. The number of fused-ring (bicyclic) bond motifs is 5. The summed E-state index contributed by atoms with van der Waals surface area (Å²) in [5, 5.41) is 24.2. The largest absolute Gasteiger partial charge is 0.508 e. The normalized spacial score (nSPS) is 19.0. The molecule has 0 fully saturated rings. The van der Waals surface area contributed by atoms with Crippen LogP contribution < -0.4 is 55.3 Å². The Bertz CT molecular complexity index is 1490. The Hall–Kier alpha value is -4.61. The fourth-order valence-corrected chi connectivity index (χ4v) is 5.70. The van der Waals surface area contributed by atoms with Crippen molar-refractivity contribution < 1.29 is 29.1 Å². The second kappa shape index (κ2) is 20.9. The van der Waals surface area contributed by atoms with Crippen molar-refractivity contribution in [1.29, 1.82) is 0 Å². The van der Waals surface area contributed by atoms with E-state index in [1.165, 1.54) is 6.07 Å². The molecule has 0 aromatic heterocycles. The molecule has 1 heterocycles. The maximum absolute atomic E-state index is 13.9. The molecule has 0 saturated carbocycles. The highest BCUT2D eigenvalue weighted by Gasteiger charge is 2.31. The molecule has 280 valence electrons. The van der Waals surface area contributed by atoms with E-state index in [0.29, 0.717) is 49.9 Å². The standard InChI is InChI=1S/C35H54N10O6/c36-12-2-8-27(33(49)41-15-4-7-25(39)31(47)42-16-14-38)44-35(51)29-18-21-5-1-6-22(17-21)23-10-11-30(46)24(19-23)20-26(40)32(48)43-28(9-3-13-37)34(50)45-29/h1,5-6,10-11,17,19,25-29,46H,2-4,7-9,12-16,18,20,36-40H2,(H,41,49)(H,42,47)(H,43,48)(H,44,51)(H,45,50)/t25-,26?,27+,28-,29-/m0/s1. The van der Waals surface area contributed by atoms with Gasteiger partial charge < -0.3 is 60.4 Å². The van der Waals surface area contributed by atoms with Crippen LogP contribution in [-0.4, -0.2) is 97.6 Å². The zero-order valence-electron chi connectivity index (χ0n) is 29.0. The molecule has 5 amide bonds. The predicted molar refractivity (Wildman–Crippen MR) is 194 cm³/mol. The van der Waals surface area contributed by atoms with Crippen LogP contribution in [0.3, 0.4) is 0 Å². The molecule has 1 aliphatic heterocycles. The van der Waals surface area contributed by atoms with Crippen LogP contribution in [0, 0.1) is 0 Å². The molecule has 16 heteroatoms. The maximum Gasteiger partial charge on any atom is 0.243 e. The van der Waals surface area contributed by atoms with Crippen molar-refractivity contribution >= 4 is 29.5 Å². The van der Waals surface area contributed by atoms with Crippen molar-refractivity contribution in [2.75, 3.05) is 32.7 Å². The summed E-state index contributed by atoms with van der Waals surface area (Å²) >= 11 is 0. The molecule has 4 bridgehead atoms. The van der Waals surface area contributed by atoms with Crippen molar-refractivity contribution in [3.63, 3.8) is 0 Å². The van der Waals surface area contributed by atoms with E-state index in [4.69, 9.17) is 28.7 Å². The third-order valence-electron chi connectivity index (χ3n) is 8.62. The predicted octanol–water partition coefficient (Wildman–Crippen LogP) is -2.28. The zero-order chi connectivity index (χ0) is 37.3. The molecule has 16 nitrogen and oxygen atoms in total. The molecule has 5 atom stereocenters. The summed E-state index contributed by atoms with van der Waals surface area (Å²) in [5.41, 5.74) is 31.7. The molecular weight excluding hydrogens is 656 g/mol. The Balaban J connectivity index is 1.86. The van der Waals surface area contributed by atoms with Crippen LogP contribution in [0.1, 0.15) is 49.7 Å². The smallest absolute Gasteiger partial charge is 0.243 e. The Morgan fingerprint density at radius 2 is 1.55 bits per heavy atom. The average molecular weight is 711 g/mol. The molecule has 0 saturated heterocycles. The SMILES string of the molecule is NCCC[C@@H]1NC(=O)C(N)Cc2cc(ccc2O)-c2cccc(c2)C[C@@H](C(=O)N[C@H](CCCN)C(=O)NCCC[C@H](N)C(=O)NCCN)NC1=O. The third-order valence-corrected chi connectivity index (χ3v) is 8.62. The first kappa shape index (κ1) is 40.8. The summed E-state index contributed by atoms with van der Waals surface area (Å²) in [4.78, 5) is 66.2. The highest BCUT2D eigenvalue weighted by Crippen LogP contribution is 2.28. The van der Waals surface area contributed by atoms with E-state index >= 15 is 0 Å². The number of carbonyl (C=O) groups excluding carboxylic acids is 5. The van der Waals surface area contributed by atoms with Gasteiger partial charge >= 0.3 is 0 Å². The van der Waals surface area contributed by atoms with Gasteiger partial charge in [0.1, 0.15) is 23.9 Å². The van der Waals surface area contributed by atoms with E-state index in [0.717, 1.165) is 11.1 Å². The van der Waals surface area contributed by atoms with Gasteiger partial charge in [0.15, 0.2) is 0 Å². The monoisotopic (exact) mass is 710 g/mol. The van der Waals surface area contributed by atoms with Gasteiger partial charge in [-0.3, -0.25) is 24.0 Å². The Labute approximate surface area is 298 Å². The first-order chi connectivity index (χ1) is 24.5. The molecule has 16 N–H and O–H groups in total. The topological polar surface area (TPSA) is 296 Å². The number of phenolic OH excluding ortho intramolecular Hbond substituents is 1. The number of phenols is 1. The lowest BCUT2D eigenvalue weighted by molar-refractivity contribution is -0.134. The Kier molecular flexibility index (Phi) is 16.7. The lowest BCUT2D eigenvalue weighted by atomic mass is 9.96. The van der Waals surface area contributed by atoms with Crippen LogP contribution >= 0.6 is 0 Å². The molecule has 3 rings (SSSR count). The van der Waals surface area contributed by atoms with E-state index in [-0.39, 0.29) is 57.0 Å². The average Bonchev–Trinajstić information content (AvgIpc) is 3.12. The Morgan fingerprint density at radius 1 is 0.824 bits per heavy atom. The van der Waals surface area contributed by atoms with Gasteiger partial charge in [0, 0.05) is 32.5 Å². The van der Waals surface area contributed by atoms with Gasteiger partial charge in [0.25, 0.3) is 0 Å². The summed E-state index contributed by atoms with van der Waals surface area (Å²) in [5.74, 6) is -2.63. The molecule has 0 spiro atoms. The highest BCUT2D eigenvalue weighted by molar-refractivity contribution is 5.95. The second-order valence-corrected chi connectivity index (χ2v) is 12.7. The number of hydrogen-bond acceptors (Lipinski definition) is 11. The van der Waals surface area contributed by atoms with E-state index < -0.39 is 53.8 Å². The molecule has 0 aliphatic carbocycles. The summed E-state index contributed by atoms with van der Waals surface area (Å²) in [6.07, 6.45) is 2.07. The van der Waals surface area contributed by atoms with E-state index in [1.807, 2.05) is 24.3 Å². The molecule has 1 aliphatic rings. The molecule has 2 aromatic carbocycles. The second-order valence-electron chi connectivity index (χ2n) is 12.7. The van der Waals surface area contributed by atoms with Gasteiger partial charge in [-0.25, -0.2) is 0 Å². The van der Waals surface area contributed by atoms with Crippen LogP contribution in [0.15, 0.2) is 42.5 Å². The van der Waals surface area contributed by atoms with Gasteiger partial charge in [-0.15, -0.1) is 0 Å². The lowest BCUT2D eigenvalue weighted by Gasteiger charge is -2.26. The molecule has 51 heavy (non-hydrogen) atoms. The maximum atomic E-state index is 13.9. The zero-order valence-corrected chi connectivity index (χ0v) is 29.0. The number of nitrogens with two attached hydrogens (primary N) is 5. The van der Waals surface area contributed by atoms with Crippen molar-refractivity contribution in [3.05, 3.63) is 53.6 Å². The molecule has 2 aromatic rings. The number of rotatable bonds is 16. The van der Waals surface area contributed by atoms with Gasteiger partial charge in [-0.05, 0) is 86.0 Å². The number of amides is 5. The summed E-state index contributed by atoms with van der Waals surface area (Å²) < 4.78 is 0. The fourth-order valence-electron chi connectivity index (χ4n) is 5.70. The van der Waals surface area contributed by atoms with E-state index in [2.05, 4.69) is 26.6 Å². The molecular formula is C35H54N10O6. The van der Waals surface area contributed by atoms with Crippen molar-refractivity contribution in [1.82, 2.24) is 26.6 Å².